The molecule has 2 nitrogen and oxygen atoms in total. The Morgan fingerprint density at radius 1 is 1.60 bits per heavy atom. The third-order valence-corrected chi connectivity index (χ3v) is 1.79. The number of aliphatic imine (C=N–C) groups is 1. The van der Waals surface area contributed by atoms with Crippen LogP contribution < -0.4 is 4.99 Å². The monoisotopic (exact) mass is 135 g/mol. The van der Waals surface area contributed by atoms with Crippen LogP contribution in [0.25, 0.3) is 0 Å². The Labute approximate surface area is 59.9 Å². The molecule has 1 aliphatic carbocycles. The van der Waals surface area contributed by atoms with Crippen LogP contribution in [0.2, 0.25) is 0 Å². The average molecular weight is 135 g/mol. The van der Waals surface area contributed by atoms with Crippen LogP contribution in [-0.2, 0) is 4.74 Å². The number of fused-ring (bicyclic) bond motifs is 1. The lowest BCUT2D eigenvalue weighted by Gasteiger charge is -2.17. The normalized spacial score (nSPS) is 28.8. The summed E-state index contributed by atoms with van der Waals surface area (Å²) in [5, 5.41) is 0. The van der Waals surface area contributed by atoms with Crippen molar-refractivity contribution in [3.8, 4) is 0 Å². The summed E-state index contributed by atoms with van der Waals surface area (Å²) in [5.41, 5.74) is 1.20. The van der Waals surface area contributed by atoms with Gasteiger partial charge in [0.2, 0.25) is 0 Å². The number of nitrogens with zero attached hydrogens (tertiary/aromatic N) is 1. The van der Waals surface area contributed by atoms with Crippen LogP contribution in [-0.4, -0.2) is 12.5 Å². The van der Waals surface area contributed by atoms with Gasteiger partial charge in [-0.3, -0.25) is 0 Å². The largest absolute Gasteiger partial charge is 0.437 e. The number of allylic oxidation sites excluding steroid dienone is 1. The molecule has 10 heavy (non-hydrogen) atoms. The summed E-state index contributed by atoms with van der Waals surface area (Å²) >= 11 is 0. The number of rotatable bonds is 0. The van der Waals surface area contributed by atoms with Crippen LogP contribution in [0.1, 0.15) is 12.8 Å². The summed E-state index contributed by atoms with van der Waals surface area (Å²) in [7, 11) is 0. The van der Waals surface area contributed by atoms with E-state index in [0.29, 0.717) is 0 Å². The molecule has 0 saturated carbocycles. The summed E-state index contributed by atoms with van der Waals surface area (Å²) < 4.78 is 5.27. The van der Waals surface area contributed by atoms with Crippen molar-refractivity contribution in [1.82, 2.24) is 4.99 Å². The molecular formula is C8H9NO+. The van der Waals surface area contributed by atoms with Crippen molar-refractivity contribution in [2.75, 3.05) is 0 Å². The Kier molecular flexibility index (Phi) is 1.31. The van der Waals surface area contributed by atoms with Crippen molar-refractivity contribution in [1.29, 1.82) is 0 Å². The van der Waals surface area contributed by atoms with Crippen molar-refractivity contribution < 1.29 is 4.74 Å². The van der Waals surface area contributed by atoms with E-state index in [9.17, 15) is 0 Å². The van der Waals surface area contributed by atoms with Crippen LogP contribution in [0.15, 0.2) is 23.9 Å². The fraction of sp³-hybridized carbons (Fsp3) is 0.375. The minimum Gasteiger partial charge on any atom is -0.437 e. The van der Waals surface area contributed by atoms with E-state index in [1.165, 1.54) is 12.0 Å². The lowest BCUT2D eigenvalue weighted by atomic mass is 9.99. The van der Waals surface area contributed by atoms with Crippen molar-refractivity contribution >= 4 is 6.40 Å². The van der Waals surface area contributed by atoms with Gasteiger partial charge in [0.25, 0.3) is 6.20 Å². The Bertz CT molecular complexity index is 215. The van der Waals surface area contributed by atoms with Crippen LogP contribution in [0.3, 0.4) is 0 Å². The zero-order chi connectivity index (χ0) is 6.81. The molecule has 1 aliphatic heterocycles. The minimum absolute atomic E-state index is 0.280. The summed E-state index contributed by atoms with van der Waals surface area (Å²) in [6, 6.07) is 0. The van der Waals surface area contributed by atoms with Crippen LogP contribution in [0.5, 0.6) is 0 Å². The van der Waals surface area contributed by atoms with Gasteiger partial charge in [-0.1, -0.05) is 12.2 Å². The van der Waals surface area contributed by atoms with Crippen molar-refractivity contribution in [3.05, 3.63) is 23.9 Å². The van der Waals surface area contributed by atoms with E-state index in [-0.39, 0.29) is 6.10 Å². The Morgan fingerprint density at radius 2 is 2.60 bits per heavy atom. The minimum atomic E-state index is 0.280. The van der Waals surface area contributed by atoms with Crippen LogP contribution in [0, 0.1) is 0 Å². The van der Waals surface area contributed by atoms with Crippen LogP contribution in [0.4, 0.5) is 0 Å². The van der Waals surface area contributed by atoms with E-state index < -0.39 is 0 Å². The smallest absolute Gasteiger partial charge is 0.398 e. The molecule has 2 heteroatoms. The van der Waals surface area contributed by atoms with E-state index >= 15 is 0 Å². The lowest BCUT2D eigenvalue weighted by molar-refractivity contribution is 0.219. The Balaban J connectivity index is 2.27. The predicted octanol–water partition coefficient (Wildman–Crippen LogP) is 0.983. The fourth-order valence-electron chi connectivity index (χ4n) is 1.24. The highest BCUT2D eigenvalue weighted by molar-refractivity contribution is 5.50. The van der Waals surface area contributed by atoms with Crippen LogP contribution >= 0.6 is 0 Å². The quantitative estimate of drug-likeness (QED) is 0.485. The van der Waals surface area contributed by atoms with Crippen molar-refractivity contribution in [2.45, 2.75) is 18.9 Å². The van der Waals surface area contributed by atoms with Gasteiger partial charge in [-0.15, -0.1) is 0 Å². The molecule has 1 heterocycles. The predicted molar refractivity (Wildman–Crippen MR) is 39.5 cm³/mol. The molecule has 51 valence electrons. The van der Waals surface area contributed by atoms with Gasteiger partial charge in [0.1, 0.15) is 6.10 Å². The molecule has 0 aromatic rings. The number of hydrogen-bond donors (Lipinski definition) is 0. The molecule has 0 amide bonds. The maximum Gasteiger partial charge on any atom is 0.398 e. The fourth-order valence-corrected chi connectivity index (χ4v) is 1.24. The Hall–Kier alpha value is -1.05. The zero-order valence-corrected chi connectivity index (χ0v) is 5.66. The van der Waals surface area contributed by atoms with Crippen molar-refractivity contribution in [2.24, 2.45) is 0 Å². The molecule has 0 aromatic carbocycles. The molecule has 0 fully saturated rings. The van der Waals surface area contributed by atoms with E-state index in [4.69, 9.17) is 4.74 Å². The molecule has 0 N–H and O–H groups in total. The first-order valence-electron chi connectivity index (χ1n) is 3.50. The van der Waals surface area contributed by atoms with Gasteiger partial charge in [-0.25, -0.2) is 0 Å². The zero-order valence-electron chi connectivity index (χ0n) is 5.66. The first-order valence-corrected chi connectivity index (χ1v) is 3.50. The SMILES string of the molecule is C1=CC2=C[N+]=COC2CC1. The summed E-state index contributed by atoms with van der Waals surface area (Å²) in [6.07, 6.45) is 10.1. The van der Waals surface area contributed by atoms with E-state index in [1.54, 1.807) is 0 Å². The molecule has 1 radical (unpaired) electrons. The average Bonchev–Trinajstić information content (AvgIpc) is 2.05. The number of hydrogen-bond acceptors (Lipinski definition) is 2. The van der Waals surface area contributed by atoms with Crippen molar-refractivity contribution in [3.63, 3.8) is 0 Å². The maximum absolute atomic E-state index is 5.27. The highest BCUT2D eigenvalue weighted by Gasteiger charge is 2.21. The molecule has 2 aliphatic rings. The third-order valence-electron chi connectivity index (χ3n) is 1.79. The molecule has 0 saturated heterocycles. The summed E-state index contributed by atoms with van der Waals surface area (Å²) in [6.45, 7) is 0. The van der Waals surface area contributed by atoms with Gasteiger partial charge in [-0.05, 0) is 12.8 Å². The molecule has 0 spiro atoms. The molecule has 1 unspecified atom stereocenters. The number of ether oxygens (including phenoxy) is 1. The highest BCUT2D eigenvalue weighted by Crippen LogP contribution is 2.20. The first-order chi connectivity index (χ1) is 4.97. The Morgan fingerprint density at radius 3 is 3.50 bits per heavy atom. The van der Waals surface area contributed by atoms with Gasteiger partial charge < -0.3 is 4.74 Å². The van der Waals surface area contributed by atoms with E-state index in [1.807, 2.05) is 6.20 Å². The van der Waals surface area contributed by atoms with Gasteiger partial charge in [0, 0.05) is 0 Å². The second-order valence-corrected chi connectivity index (χ2v) is 2.49. The third kappa shape index (κ3) is 0.856. The first kappa shape index (κ1) is 5.71. The van der Waals surface area contributed by atoms with Gasteiger partial charge in [0.15, 0.2) is 0 Å². The van der Waals surface area contributed by atoms with Gasteiger partial charge >= 0.3 is 6.40 Å². The summed E-state index contributed by atoms with van der Waals surface area (Å²) in [4.78, 5) is 3.90. The second kappa shape index (κ2) is 2.29. The van der Waals surface area contributed by atoms with Gasteiger partial charge in [-0.2, -0.15) is 0 Å². The highest BCUT2D eigenvalue weighted by atomic mass is 16.5. The molecule has 0 aromatic heterocycles. The molecular weight excluding hydrogens is 126 g/mol. The molecule has 2 rings (SSSR count). The lowest BCUT2D eigenvalue weighted by Crippen LogP contribution is -2.21. The second-order valence-electron chi connectivity index (χ2n) is 2.49. The summed E-state index contributed by atoms with van der Waals surface area (Å²) in [5.74, 6) is 0. The van der Waals surface area contributed by atoms with Gasteiger partial charge in [0.05, 0.1) is 10.6 Å². The molecule has 0 bridgehead atoms. The maximum atomic E-state index is 5.27. The topological polar surface area (TPSA) is 23.3 Å². The standard InChI is InChI=1S/C8H9NO/c1-2-4-8-7(3-1)5-9-6-10-8/h1,3,5-6,8H,2,4H2/q+1. The van der Waals surface area contributed by atoms with E-state index in [2.05, 4.69) is 17.1 Å². The van der Waals surface area contributed by atoms with E-state index in [0.717, 1.165) is 12.8 Å². The molecule has 1 atom stereocenters.